The van der Waals surface area contributed by atoms with Crippen molar-refractivity contribution >= 4 is 0 Å². The van der Waals surface area contributed by atoms with Crippen molar-refractivity contribution in [3.63, 3.8) is 0 Å². The van der Waals surface area contributed by atoms with Crippen molar-refractivity contribution in [1.82, 2.24) is 0 Å². The van der Waals surface area contributed by atoms with Gasteiger partial charge in [-0.25, -0.2) is 0 Å². The quantitative estimate of drug-likeness (QED) is 0.685. The molecule has 0 aromatic rings. The molecule has 2 fully saturated rings. The van der Waals surface area contributed by atoms with E-state index in [2.05, 4.69) is 13.8 Å². The van der Waals surface area contributed by atoms with Crippen molar-refractivity contribution in [1.29, 1.82) is 0 Å². The van der Waals surface area contributed by atoms with Crippen LogP contribution in [0.15, 0.2) is 0 Å². The zero-order chi connectivity index (χ0) is 15.1. The smallest absolute Gasteiger partial charge is 0.157 e. The molecule has 2 rings (SSSR count). The maximum atomic E-state index is 10.5. The fourth-order valence-corrected chi connectivity index (χ4v) is 4.13. The van der Waals surface area contributed by atoms with Crippen molar-refractivity contribution in [3.05, 3.63) is 0 Å². The Morgan fingerprint density at radius 3 is 2.48 bits per heavy atom. The Bertz CT molecular complexity index is 276. The van der Waals surface area contributed by atoms with Gasteiger partial charge in [-0.1, -0.05) is 33.1 Å². The molecule has 4 atom stereocenters. The van der Waals surface area contributed by atoms with Crippen LogP contribution in [0.25, 0.3) is 0 Å². The van der Waals surface area contributed by atoms with E-state index < -0.39 is 0 Å². The lowest BCUT2D eigenvalue weighted by atomic mass is 9.86. The first-order valence-corrected chi connectivity index (χ1v) is 9.15. The highest BCUT2D eigenvalue weighted by atomic mass is 16.7. The molecule has 1 aliphatic heterocycles. The van der Waals surface area contributed by atoms with Gasteiger partial charge < -0.3 is 14.6 Å². The fourth-order valence-electron chi connectivity index (χ4n) is 4.13. The molecule has 1 heterocycles. The third-order valence-corrected chi connectivity index (χ3v) is 5.53. The molecule has 1 N–H and O–H groups in total. The van der Waals surface area contributed by atoms with Crippen molar-refractivity contribution in [2.75, 3.05) is 13.2 Å². The van der Waals surface area contributed by atoms with Crippen LogP contribution in [-0.4, -0.2) is 30.7 Å². The number of hydrogen-bond donors (Lipinski definition) is 1. The first-order valence-electron chi connectivity index (χ1n) is 9.15. The topological polar surface area (TPSA) is 38.7 Å². The number of rotatable bonds is 8. The first kappa shape index (κ1) is 17.2. The summed E-state index contributed by atoms with van der Waals surface area (Å²) < 4.78 is 11.1. The summed E-state index contributed by atoms with van der Waals surface area (Å²) in [4.78, 5) is 0. The van der Waals surface area contributed by atoms with Crippen molar-refractivity contribution < 1.29 is 14.6 Å². The molecule has 0 radical (unpaired) electrons. The highest BCUT2D eigenvalue weighted by Crippen LogP contribution is 2.42. The van der Waals surface area contributed by atoms with E-state index >= 15 is 0 Å². The molecule has 1 saturated carbocycles. The third kappa shape index (κ3) is 5.22. The van der Waals surface area contributed by atoms with Crippen LogP contribution in [0.4, 0.5) is 0 Å². The average Bonchev–Trinajstić information content (AvgIpc) is 2.96. The maximum absolute atomic E-state index is 10.5. The van der Waals surface area contributed by atoms with Crippen molar-refractivity contribution in [3.8, 4) is 0 Å². The summed E-state index contributed by atoms with van der Waals surface area (Å²) in [5.41, 5.74) is 0. The van der Waals surface area contributed by atoms with E-state index in [1.807, 2.05) is 0 Å². The predicted molar refractivity (Wildman–Crippen MR) is 85.1 cm³/mol. The van der Waals surface area contributed by atoms with Crippen LogP contribution in [0.5, 0.6) is 0 Å². The minimum absolute atomic E-state index is 0.00948. The minimum atomic E-state index is -0.0975. The molecule has 1 aliphatic carbocycles. The van der Waals surface area contributed by atoms with Crippen LogP contribution in [-0.2, 0) is 9.47 Å². The number of hydrogen-bond acceptors (Lipinski definition) is 3. The van der Waals surface area contributed by atoms with Crippen molar-refractivity contribution in [2.24, 2.45) is 17.8 Å². The molecule has 2 aliphatic rings. The summed E-state index contributed by atoms with van der Waals surface area (Å²) in [6.07, 6.45) is 10.1. The summed E-state index contributed by atoms with van der Waals surface area (Å²) in [6, 6.07) is 0. The highest BCUT2D eigenvalue weighted by Gasteiger charge is 2.36. The van der Waals surface area contributed by atoms with Gasteiger partial charge >= 0.3 is 0 Å². The highest BCUT2D eigenvalue weighted by molar-refractivity contribution is 4.86. The number of ether oxygens (including phenoxy) is 2. The summed E-state index contributed by atoms with van der Waals surface area (Å²) in [6.45, 7) is 6.24. The number of aliphatic hydroxyl groups excluding tert-OH is 1. The van der Waals surface area contributed by atoms with E-state index in [9.17, 15) is 5.11 Å². The molecule has 124 valence electrons. The van der Waals surface area contributed by atoms with E-state index in [-0.39, 0.29) is 12.4 Å². The molecule has 0 spiro atoms. The van der Waals surface area contributed by atoms with E-state index in [0.29, 0.717) is 5.92 Å². The van der Waals surface area contributed by atoms with E-state index in [0.717, 1.165) is 57.2 Å². The van der Waals surface area contributed by atoms with Crippen LogP contribution in [0, 0.1) is 17.8 Å². The summed E-state index contributed by atoms with van der Waals surface area (Å²) >= 11 is 0. The van der Waals surface area contributed by atoms with Crippen LogP contribution in [0.1, 0.15) is 71.6 Å². The van der Waals surface area contributed by atoms with Gasteiger partial charge in [-0.15, -0.1) is 0 Å². The first-order chi connectivity index (χ1) is 10.2. The Labute approximate surface area is 130 Å². The molecule has 21 heavy (non-hydrogen) atoms. The van der Waals surface area contributed by atoms with Gasteiger partial charge in [0.2, 0.25) is 0 Å². The molecule has 0 aromatic carbocycles. The second-order valence-electron chi connectivity index (χ2n) is 6.95. The van der Waals surface area contributed by atoms with E-state index in [4.69, 9.17) is 9.47 Å². The van der Waals surface area contributed by atoms with Gasteiger partial charge in [-0.3, -0.25) is 0 Å². The molecule has 0 bridgehead atoms. The zero-order valence-electron chi connectivity index (χ0n) is 13.9. The van der Waals surface area contributed by atoms with E-state index in [1.54, 1.807) is 0 Å². The molecule has 4 unspecified atom stereocenters. The zero-order valence-corrected chi connectivity index (χ0v) is 13.9. The van der Waals surface area contributed by atoms with Gasteiger partial charge in [-0.05, 0) is 56.3 Å². The lowest BCUT2D eigenvalue weighted by Gasteiger charge is -2.25. The SMILES string of the molecule is CCC1CC(CC)C(C(O)CCCCC2OCCCO2)C1. The Hall–Kier alpha value is -0.120. The minimum Gasteiger partial charge on any atom is -0.393 e. The normalized spacial score (nSPS) is 32.4. The van der Waals surface area contributed by atoms with Gasteiger partial charge in [0, 0.05) is 0 Å². The van der Waals surface area contributed by atoms with Gasteiger partial charge in [0.25, 0.3) is 0 Å². The maximum Gasteiger partial charge on any atom is 0.157 e. The summed E-state index contributed by atoms with van der Waals surface area (Å²) in [7, 11) is 0. The second-order valence-corrected chi connectivity index (χ2v) is 6.95. The summed E-state index contributed by atoms with van der Waals surface area (Å²) in [5.74, 6) is 2.13. The van der Waals surface area contributed by atoms with Crippen LogP contribution in [0.3, 0.4) is 0 Å². The predicted octanol–water partition coefficient (Wildman–Crippen LogP) is 4.13. The third-order valence-electron chi connectivity index (χ3n) is 5.53. The second kappa shape index (κ2) is 9.12. The van der Waals surface area contributed by atoms with Crippen molar-refractivity contribution in [2.45, 2.75) is 84.0 Å². The van der Waals surface area contributed by atoms with Crippen LogP contribution in [0.2, 0.25) is 0 Å². The van der Waals surface area contributed by atoms with Gasteiger partial charge in [0.15, 0.2) is 6.29 Å². The Morgan fingerprint density at radius 2 is 1.81 bits per heavy atom. The van der Waals surface area contributed by atoms with Crippen LogP contribution < -0.4 is 0 Å². The van der Waals surface area contributed by atoms with Gasteiger partial charge in [0.05, 0.1) is 19.3 Å². The molecule has 3 nitrogen and oxygen atoms in total. The van der Waals surface area contributed by atoms with Crippen LogP contribution >= 0.6 is 0 Å². The summed E-state index contributed by atoms with van der Waals surface area (Å²) in [5, 5.41) is 10.5. The molecule has 0 amide bonds. The Balaban J connectivity index is 1.63. The molecule has 1 saturated heterocycles. The number of unbranched alkanes of at least 4 members (excludes halogenated alkanes) is 1. The molecule has 3 heteroatoms. The lowest BCUT2D eigenvalue weighted by molar-refractivity contribution is -0.181. The monoisotopic (exact) mass is 298 g/mol. The average molecular weight is 298 g/mol. The Kier molecular flexibility index (Phi) is 7.48. The number of aliphatic hydroxyl groups is 1. The van der Waals surface area contributed by atoms with Gasteiger partial charge in [0.1, 0.15) is 0 Å². The largest absolute Gasteiger partial charge is 0.393 e. The lowest BCUT2D eigenvalue weighted by Crippen LogP contribution is -2.25. The standard InChI is InChI=1S/C18H34O3/c1-3-14-12-15(4-2)16(13-14)17(19)8-5-6-9-18-20-10-7-11-21-18/h14-19H,3-13H2,1-2H3. The Morgan fingerprint density at radius 1 is 1.05 bits per heavy atom. The fraction of sp³-hybridized carbons (Fsp3) is 1.00. The van der Waals surface area contributed by atoms with E-state index in [1.165, 1.54) is 25.7 Å². The van der Waals surface area contributed by atoms with Gasteiger partial charge in [-0.2, -0.15) is 0 Å². The molecular weight excluding hydrogens is 264 g/mol. The molecule has 0 aromatic heterocycles. The molecular formula is C18H34O3.